The topological polar surface area (TPSA) is 61.9 Å². The molecule has 0 saturated carbocycles. The number of rotatable bonds is 4. The molecule has 0 spiro atoms. The number of nitrogens with zero attached hydrogens (tertiary/aromatic N) is 3. The maximum atomic E-state index is 12.9. The molecule has 1 aliphatic heterocycles. The number of aromatic nitrogens is 3. The van der Waals surface area contributed by atoms with Crippen LogP contribution in [0.2, 0.25) is 0 Å². The minimum atomic E-state index is 0.197. The van der Waals surface area contributed by atoms with Gasteiger partial charge in [0.2, 0.25) is 5.91 Å². The van der Waals surface area contributed by atoms with E-state index in [1.54, 1.807) is 0 Å². The molecule has 2 aromatic heterocycles. The summed E-state index contributed by atoms with van der Waals surface area (Å²) in [4.78, 5) is 27.6. The van der Waals surface area contributed by atoms with Gasteiger partial charge in [-0.25, -0.2) is 4.98 Å². The van der Waals surface area contributed by atoms with Crippen molar-refractivity contribution in [2.45, 2.75) is 32.1 Å². The fourth-order valence-electron chi connectivity index (χ4n) is 4.55. The van der Waals surface area contributed by atoms with Gasteiger partial charge in [0, 0.05) is 47.9 Å². The number of carbonyl (C=O) groups excluding carboxylic acids is 1. The van der Waals surface area contributed by atoms with E-state index in [-0.39, 0.29) is 5.91 Å². The number of H-pyrrole nitrogens is 1. The zero-order chi connectivity index (χ0) is 21.2. The van der Waals surface area contributed by atoms with E-state index in [0.29, 0.717) is 12.3 Å². The first kappa shape index (κ1) is 19.5. The molecule has 4 aromatic rings. The van der Waals surface area contributed by atoms with Crippen molar-refractivity contribution in [3.63, 3.8) is 0 Å². The summed E-state index contributed by atoms with van der Waals surface area (Å²) in [6.45, 7) is 3.63. The molecule has 0 bridgehead atoms. The van der Waals surface area contributed by atoms with Crippen molar-refractivity contribution in [1.29, 1.82) is 0 Å². The summed E-state index contributed by atoms with van der Waals surface area (Å²) in [7, 11) is 0. The Kier molecular flexibility index (Phi) is 5.24. The Morgan fingerprint density at radius 1 is 1.06 bits per heavy atom. The summed E-state index contributed by atoms with van der Waals surface area (Å²) in [5.74, 6) is 0.538. The van der Waals surface area contributed by atoms with Gasteiger partial charge in [-0.3, -0.25) is 9.78 Å². The minimum Gasteiger partial charge on any atom is -0.361 e. The second-order valence-corrected chi connectivity index (χ2v) is 8.34. The predicted octanol–water partition coefficient (Wildman–Crippen LogP) is 4.88. The minimum absolute atomic E-state index is 0.197. The second kappa shape index (κ2) is 8.34. The largest absolute Gasteiger partial charge is 0.361 e. The molecule has 3 heterocycles. The maximum Gasteiger partial charge on any atom is 0.227 e. The van der Waals surface area contributed by atoms with Gasteiger partial charge in [0.1, 0.15) is 0 Å². The number of carbonyl (C=O) groups is 1. The van der Waals surface area contributed by atoms with Crippen molar-refractivity contribution < 1.29 is 4.79 Å². The highest BCUT2D eigenvalue weighted by molar-refractivity contribution is 5.88. The van der Waals surface area contributed by atoms with Crippen molar-refractivity contribution in [2.24, 2.45) is 0 Å². The standard InChI is InChI=1S/C26H26N4O/c1-18-6-2-3-7-21(18)25-17-27-16-24(29-25)19-10-12-30(13-11-19)26(31)14-20-15-28-23-9-5-4-8-22(20)23/h2-9,15-17,19,28H,10-14H2,1H3. The molecule has 1 fully saturated rings. The third-order valence-electron chi connectivity index (χ3n) is 6.36. The van der Waals surface area contributed by atoms with Crippen LogP contribution in [-0.2, 0) is 11.2 Å². The number of likely N-dealkylation sites (tertiary alicyclic amines) is 1. The number of fused-ring (bicyclic) bond motifs is 1. The Morgan fingerprint density at radius 2 is 1.84 bits per heavy atom. The fourth-order valence-corrected chi connectivity index (χ4v) is 4.55. The highest BCUT2D eigenvalue weighted by Crippen LogP contribution is 2.29. The highest BCUT2D eigenvalue weighted by Gasteiger charge is 2.25. The average Bonchev–Trinajstić information content (AvgIpc) is 3.22. The van der Waals surface area contributed by atoms with Gasteiger partial charge in [-0.05, 0) is 37.0 Å². The first-order valence-electron chi connectivity index (χ1n) is 10.9. The predicted molar refractivity (Wildman–Crippen MR) is 123 cm³/mol. The number of hydrogen-bond acceptors (Lipinski definition) is 3. The average molecular weight is 411 g/mol. The number of benzene rings is 2. The van der Waals surface area contributed by atoms with Crippen LogP contribution in [0.4, 0.5) is 0 Å². The number of piperidine rings is 1. The first-order valence-corrected chi connectivity index (χ1v) is 10.9. The lowest BCUT2D eigenvalue weighted by Crippen LogP contribution is -2.38. The molecule has 5 nitrogen and oxygen atoms in total. The van der Waals surface area contributed by atoms with E-state index in [4.69, 9.17) is 4.98 Å². The molecule has 0 unspecified atom stereocenters. The SMILES string of the molecule is Cc1ccccc1-c1cncc(C2CCN(C(=O)Cc3c[nH]c4ccccc34)CC2)n1. The lowest BCUT2D eigenvalue weighted by Gasteiger charge is -2.31. The van der Waals surface area contributed by atoms with Gasteiger partial charge in [0.25, 0.3) is 0 Å². The van der Waals surface area contributed by atoms with E-state index < -0.39 is 0 Å². The number of para-hydroxylation sites is 1. The molecule has 5 heteroatoms. The molecule has 1 saturated heterocycles. The van der Waals surface area contributed by atoms with E-state index in [1.165, 1.54) is 5.56 Å². The van der Waals surface area contributed by atoms with Gasteiger partial charge in [-0.1, -0.05) is 42.5 Å². The van der Waals surface area contributed by atoms with Crippen LogP contribution >= 0.6 is 0 Å². The third kappa shape index (κ3) is 3.96. The van der Waals surface area contributed by atoms with Crippen LogP contribution in [0.5, 0.6) is 0 Å². The second-order valence-electron chi connectivity index (χ2n) is 8.34. The van der Waals surface area contributed by atoms with E-state index in [2.05, 4.69) is 35.1 Å². The van der Waals surface area contributed by atoms with Crippen LogP contribution in [0.1, 0.15) is 35.6 Å². The summed E-state index contributed by atoms with van der Waals surface area (Å²) in [5, 5.41) is 1.13. The van der Waals surface area contributed by atoms with Gasteiger partial charge < -0.3 is 9.88 Å². The van der Waals surface area contributed by atoms with Crippen LogP contribution < -0.4 is 0 Å². The summed E-state index contributed by atoms with van der Waals surface area (Å²) in [6.07, 6.45) is 7.97. The smallest absolute Gasteiger partial charge is 0.227 e. The summed E-state index contributed by atoms with van der Waals surface area (Å²) in [6, 6.07) is 16.4. The van der Waals surface area contributed by atoms with Crippen molar-refractivity contribution in [1.82, 2.24) is 19.9 Å². The van der Waals surface area contributed by atoms with Crippen molar-refractivity contribution in [3.05, 3.63) is 83.9 Å². The molecule has 0 radical (unpaired) electrons. The van der Waals surface area contributed by atoms with Crippen LogP contribution in [0.25, 0.3) is 22.2 Å². The fraction of sp³-hybridized carbons (Fsp3) is 0.269. The lowest BCUT2D eigenvalue weighted by molar-refractivity contribution is -0.131. The summed E-state index contributed by atoms with van der Waals surface area (Å²) in [5.41, 5.74) is 6.43. The highest BCUT2D eigenvalue weighted by atomic mass is 16.2. The zero-order valence-electron chi connectivity index (χ0n) is 17.7. The van der Waals surface area contributed by atoms with Gasteiger partial charge in [0.05, 0.1) is 24.0 Å². The molecule has 1 N–H and O–H groups in total. The molecular formula is C26H26N4O. The van der Waals surface area contributed by atoms with Crippen LogP contribution in [-0.4, -0.2) is 38.8 Å². The number of aryl methyl sites for hydroxylation is 1. The zero-order valence-corrected chi connectivity index (χ0v) is 17.7. The monoisotopic (exact) mass is 410 g/mol. The van der Waals surface area contributed by atoms with Crippen molar-refractivity contribution in [3.8, 4) is 11.3 Å². The number of nitrogens with one attached hydrogen (secondary N) is 1. The molecule has 2 aromatic carbocycles. The Balaban J connectivity index is 1.25. The maximum absolute atomic E-state index is 12.9. The molecule has 1 aliphatic rings. The van der Waals surface area contributed by atoms with Crippen LogP contribution in [0.3, 0.4) is 0 Å². The molecule has 0 atom stereocenters. The Bertz CT molecular complexity index is 1220. The summed E-state index contributed by atoms with van der Waals surface area (Å²) >= 11 is 0. The summed E-state index contributed by atoms with van der Waals surface area (Å²) < 4.78 is 0. The first-order chi connectivity index (χ1) is 15.2. The Morgan fingerprint density at radius 3 is 2.68 bits per heavy atom. The third-order valence-corrected chi connectivity index (χ3v) is 6.36. The Labute approximate surface area is 182 Å². The van der Waals surface area contributed by atoms with Crippen molar-refractivity contribution in [2.75, 3.05) is 13.1 Å². The van der Waals surface area contributed by atoms with E-state index in [9.17, 15) is 4.79 Å². The lowest BCUT2D eigenvalue weighted by atomic mass is 9.93. The van der Waals surface area contributed by atoms with E-state index in [1.807, 2.05) is 53.8 Å². The molecule has 0 aliphatic carbocycles. The van der Waals surface area contributed by atoms with Gasteiger partial charge >= 0.3 is 0 Å². The molecule has 1 amide bonds. The van der Waals surface area contributed by atoms with Crippen LogP contribution in [0, 0.1) is 6.92 Å². The molecule has 31 heavy (non-hydrogen) atoms. The normalized spacial score (nSPS) is 14.8. The molecule has 156 valence electrons. The molecular weight excluding hydrogens is 384 g/mol. The molecule has 5 rings (SSSR count). The van der Waals surface area contributed by atoms with E-state index >= 15 is 0 Å². The quantitative estimate of drug-likeness (QED) is 0.521. The Hall–Kier alpha value is -3.47. The number of amides is 1. The van der Waals surface area contributed by atoms with Gasteiger partial charge in [0.15, 0.2) is 0 Å². The van der Waals surface area contributed by atoms with Gasteiger partial charge in [-0.2, -0.15) is 0 Å². The van der Waals surface area contributed by atoms with Gasteiger partial charge in [-0.15, -0.1) is 0 Å². The number of hydrogen-bond donors (Lipinski definition) is 1. The number of aromatic amines is 1. The van der Waals surface area contributed by atoms with Crippen LogP contribution in [0.15, 0.2) is 67.1 Å². The van der Waals surface area contributed by atoms with E-state index in [0.717, 1.165) is 59.3 Å². The van der Waals surface area contributed by atoms with Crippen molar-refractivity contribution >= 4 is 16.8 Å².